The van der Waals surface area contributed by atoms with Crippen LogP contribution in [0.1, 0.15) is 60.3 Å². The third kappa shape index (κ3) is 8.81. The van der Waals surface area contributed by atoms with Crippen LogP contribution in [0.4, 0.5) is 0 Å². The van der Waals surface area contributed by atoms with E-state index in [0.29, 0.717) is 11.4 Å². The first-order chi connectivity index (χ1) is 31.7. The summed E-state index contributed by atoms with van der Waals surface area (Å²) in [5.41, 5.74) is 14.1. The van der Waals surface area contributed by atoms with E-state index in [-0.39, 0.29) is 37.5 Å². The topological polar surface area (TPSA) is 56.7 Å². The summed E-state index contributed by atoms with van der Waals surface area (Å²) in [5.74, 6) is 1.98. The van der Waals surface area contributed by atoms with Gasteiger partial charge in [-0.3, -0.25) is 15.0 Å². The Kier molecular flexibility index (Phi) is 11.7. The molecule has 0 aliphatic rings. The van der Waals surface area contributed by atoms with Gasteiger partial charge in [-0.25, -0.2) is 0 Å². The predicted molar refractivity (Wildman–Crippen MR) is 266 cm³/mol. The van der Waals surface area contributed by atoms with Gasteiger partial charge in [0.15, 0.2) is 0 Å². The zero-order valence-corrected chi connectivity index (χ0v) is 40.6. The van der Waals surface area contributed by atoms with Gasteiger partial charge in [0.25, 0.3) is 0 Å². The van der Waals surface area contributed by atoms with Gasteiger partial charge in [0.1, 0.15) is 5.58 Å². The van der Waals surface area contributed by atoms with Crippen LogP contribution in [0, 0.1) is 19.0 Å². The standard InChI is InChI=1S/C43H35N2O.C14H17N2Si.Ir/c1-27(2)36-24-32(30-16-9-6-10-17-30)25-37(28(3)4)41(36)45-39-21-12-11-20-38(39)44-43(45)35-19-13-18-34-33-23-22-31(26-40(33)46-42(34)35)29-14-7-5-8-15-29;1-11-5-7-12(8-6-11)14-15-9-13(10-16-14)17(2,3)4;/h5-18,20-28H,1-4H3;5-7,9-10H,1-4H3;/q2*-1;/i;1D3;. The molecule has 0 saturated carbocycles. The van der Waals surface area contributed by atoms with Crippen molar-refractivity contribution >= 4 is 46.2 Å². The van der Waals surface area contributed by atoms with Crippen LogP contribution in [0.5, 0.6) is 0 Å². The SMILES string of the molecule is CC(C)c1cc(-c2ccccc2)cc(C(C)C)c1-n1c(-c2[c-]ccc3c2oc2cc(-c4ccccc4)ccc23)nc2ccccc21.[2H]C([2H])([2H])c1c[c-]c(-c2ncc([Si](C)(C)C)cn2)cc1.[Ir]. The fourth-order valence-electron chi connectivity index (χ4n) is 8.17. The van der Waals surface area contributed by atoms with E-state index in [1.165, 1.54) is 44.8 Å². The van der Waals surface area contributed by atoms with Crippen molar-refractivity contribution in [2.45, 2.75) is 66.0 Å². The molecule has 3 heterocycles. The van der Waals surface area contributed by atoms with Crippen LogP contribution in [0.25, 0.3) is 83.7 Å². The van der Waals surface area contributed by atoms with Crippen LogP contribution in [0.15, 0.2) is 162 Å². The van der Waals surface area contributed by atoms with Crippen molar-refractivity contribution in [1.82, 2.24) is 19.5 Å². The molecule has 10 rings (SSSR count). The Bertz CT molecular complexity index is 3240. The number of hydrogen-bond donors (Lipinski definition) is 0. The molecule has 64 heavy (non-hydrogen) atoms. The molecule has 1 radical (unpaired) electrons. The van der Waals surface area contributed by atoms with Gasteiger partial charge in [-0.1, -0.05) is 150 Å². The van der Waals surface area contributed by atoms with Gasteiger partial charge in [-0.2, -0.15) is 0 Å². The Morgan fingerprint density at radius 2 is 1.30 bits per heavy atom. The Morgan fingerprint density at radius 1 is 0.656 bits per heavy atom. The van der Waals surface area contributed by atoms with E-state index in [1.54, 1.807) is 12.1 Å². The Hall–Kier alpha value is -6.24. The number of hydrogen-bond acceptors (Lipinski definition) is 4. The zero-order valence-electron chi connectivity index (χ0n) is 40.2. The molecule has 321 valence electrons. The minimum absolute atomic E-state index is 0. The third-order valence-corrected chi connectivity index (χ3v) is 13.6. The molecule has 0 fully saturated rings. The van der Waals surface area contributed by atoms with Crippen molar-refractivity contribution in [3.63, 3.8) is 0 Å². The summed E-state index contributed by atoms with van der Waals surface area (Å²) in [5, 5.41) is 3.35. The average Bonchev–Trinajstić information content (AvgIpc) is 3.90. The number of imidazole rings is 1. The minimum Gasteiger partial charge on any atom is -0.501 e. The van der Waals surface area contributed by atoms with E-state index >= 15 is 0 Å². The molecule has 5 nitrogen and oxygen atoms in total. The Labute approximate surface area is 395 Å². The second-order valence-electron chi connectivity index (χ2n) is 17.7. The van der Waals surface area contributed by atoms with Crippen LogP contribution in [0.3, 0.4) is 0 Å². The van der Waals surface area contributed by atoms with Crippen molar-refractivity contribution < 1.29 is 28.6 Å². The van der Waals surface area contributed by atoms with E-state index in [2.05, 4.69) is 189 Å². The summed E-state index contributed by atoms with van der Waals surface area (Å²) in [7, 11) is -1.40. The van der Waals surface area contributed by atoms with Crippen LogP contribution >= 0.6 is 0 Å². The average molecular weight is 1030 g/mol. The number of aryl methyl sites for hydroxylation is 1. The maximum atomic E-state index is 7.33. The molecule has 0 N–H and O–H groups in total. The molecule has 0 aliphatic heterocycles. The van der Waals surface area contributed by atoms with Gasteiger partial charge < -0.3 is 8.98 Å². The zero-order chi connectivity index (χ0) is 46.3. The summed E-state index contributed by atoms with van der Waals surface area (Å²) < 4.78 is 31.1. The third-order valence-electron chi connectivity index (χ3n) is 11.6. The van der Waals surface area contributed by atoms with Crippen LogP contribution in [-0.2, 0) is 20.1 Å². The molecule has 7 heteroatoms. The van der Waals surface area contributed by atoms with Crippen LogP contribution in [-0.4, -0.2) is 27.6 Å². The summed E-state index contributed by atoms with van der Waals surface area (Å²) in [6, 6.07) is 56.2. The van der Waals surface area contributed by atoms with Crippen molar-refractivity contribution in [3.05, 3.63) is 187 Å². The molecule has 10 aromatic rings. The molecule has 0 saturated heterocycles. The van der Waals surface area contributed by atoms with E-state index < -0.39 is 14.9 Å². The summed E-state index contributed by atoms with van der Waals surface area (Å²) in [6.45, 7) is 13.8. The van der Waals surface area contributed by atoms with Gasteiger partial charge in [-0.05, 0) is 80.7 Å². The molecule has 0 spiro atoms. The number of benzene rings is 7. The van der Waals surface area contributed by atoms with Crippen LogP contribution < -0.4 is 5.19 Å². The van der Waals surface area contributed by atoms with Gasteiger partial charge in [0.05, 0.1) is 36.3 Å². The first-order valence-electron chi connectivity index (χ1n) is 23.1. The fourth-order valence-corrected chi connectivity index (χ4v) is 9.08. The van der Waals surface area contributed by atoms with Crippen molar-refractivity contribution in [2.24, 2.45) is 0 Å². The summed E-state index contributed by atoms with van der Waals surface area (Å²) >= 11 is 0. The van der Waals surface area contributed by atoms with Gasteiger partial charge >= 0.3 is 0 Å². The van der Waals surface area contributed by atoms with Gasteiger partial charge in [-0.15, -0.1) is 53.6 Å². The van der Waals surface area contributed by atoms with E-state index in [0.717, 1.165) is 49.9 Å². The summed E-state index contributed by atoms with van der Waals surface area (Å²) in [4.78, 5) is 14.0. The van der Waals surface area contributed by atoms with Gasteiger partial charge in [0, 0.05) is 47.7 Å². The van der Waals surface area contributed by atoms with Crippen molar-refractivity contribution in [3.8, 4) is 50.7 Å². The van der Waals surface area contributed by atoms with E-state index in [4.69, 9.17) is 13.5 Å². The first-order valence-corrected chi connectivity index (χ1v) is 25.1. The largest absolute Gasteiger partial charge is 0.501 e. The Morgan fingerprint density at radius 3 is 1.91 bits per heavy atom. The molecule has 0 amide bonds. The maximum Gasteiger partial charge on any atom is 0.121 e. The smallest absolute Gasteiger partial charge is 0.121 e. The second-order valence-corrected chi connectivity index (χ2v) is 22.8. The monoisotopic (exact) mass is 1030 g/mol. The minimum atomic E-state index is -2.10. The number of fused-ring (bicyclic) bond motifs is 4. The molecule has 0 unspecified atom stereocenters. The fraction of sp³-hybridized carbons (Fsp3) is 0.175. The molecular weight excluding hydrogens is 977 g/mol. The molecule has 7 aromatic carbocycles. The normalized spacial score (nSPS) is 12.5. The quantitative estimate of drug-likeness (QED) is 0.112. The Balaban J connectivity index is 0.000000244. The predicted octanol–water partition coefficient (Wildman–Crippen LogP) is 14.8. The molecule has 3 aromatic heterocycles. The van der Waals surface area contributed by atoms with Crippen molar-refractivity contribution in [2.75, 3.05) is 0 Å². The molecule has 0 bridgehead atoms. The van der Waals surface area contributed by atoms with E-state index in [1.807, 2.05) is 24.5 Å². The number of para-hydroxylation sites is 2. The first kappa shape index (κ1) is 40.5. The molecule has 0 atom stereocenters. The van der Waals surface area contributed by atoms with E-state index in [9.17, 15) is 0 Å². The maximum absolute atomic E-state index is 7.33. The molecule has 0 aliphatic carbocycles. The molecular formula is C57H52IrN4OSi-2. The van der Waals surface area contributed by atoms with Crippen molar-refractivity contribution in [1.29, 1.82) is 0 Å². The van der Waals surface area contributed by atoms with Gasteiger partial charge in [0.2, 0.25) is 0 Å². The second kappa shape index (κ2) is 18.5. The number of aromatic nitrogens is 4. The summed E-state index contributed by atoms with van der Waals surface area (Å²) in [6.07, 6.45) is 3.72. The number of furan rings is 1. The number of rotatable bonds is 8. The number of nitrogens with zero attached hydrogens (tertiary/aromatic N) is 4. The van der Waals surface area contributed by atoms with Crippen LogP contribution in [0.2, 0.25) is 19.6 Å².